The first-order chi connectivity index (χ1) is 11.3. The third kappa shape index (κ3) is 18.3. The molecular formula is C20H33NO2. The van der Waals surface area contributed by atoms with E-state index >= 15 is 0 Å². The first kappa shape index (κ1) is 21.4. The van der Waals surface area contributed by atoms with E-state index in [1.807, 2.05) is 0 Å². The third-order valence-electron chi connectivity index (χ3n) is 3.34. The monoisotopic (exact) mass is 319 g/mol. The van der Waals surface area contributed by atoms with Gasteiger partial charge >= 0.3 is 5.97 Å². The van der Waals surface area contributed by atoms with Gasteiger partial charge in [-0.2, -0.15) is 5.90 Å². The van der Waals surface area contributed by atoms with Crippen molar-refractivity contribution in [3.8, 4) is 0 Å². The summed E-state index contributed by atoms with van der Waals surface area (Å²) in [4.78, 5) is 14.9. The van der Waals surface area contributed by atoms with Gasteiger partial charge in [-0.25, -0.2) is 0 Å². The van der Waals surface area contributed by atoms with Gasteiger partial charge in [0.25, 0.3) is 0 Å². The minimum Gasteiger partial charge on any atom is -0.373 e. The van der Waals surface area contributed by atoms with Crippen LogP contribution in [-0.4, -0.2) is 5.97 Å². The molecule has 0 heterocycles. The lowest BCUT2D eigenvalue weighted by molar-refractivity contribution is -0.144. The fraction of sp³-hybridized carbons (Fsp3) is 0.550. The maximum Gasteiger partial charge on any atom is 0.324 e. The summed E-state index contributed by atoms with van der Waals surface area (Å²) in [6.45, 7) is 2.23. The van der Waals surface area contributed by atoms with E-state index in [-0.39, 0.29) is 5.97 Å². The van der Waals surface area contributed by atoms with Crippen LogP contribution in [0.25, 0.3) is 0 Å². The van der Waals surface area contributed by atoms with E-state index in [9.17, 15) is 4.79 Å². The largest absolute Gasteiger partial charge is 0.373 e. The van der Waals surface area contributed by atoms with Crippen molar-refractivity contribution >= 4 is 5.97 Å². The van der Waals surface area contributed by atoms with Gasteiger partial charge in [-0.15, -0.1) is 0 Å². The van der Waals surface area contributed by atoms with Crippen LogP contribution in [0.5, 0.6) is 0 Å². The molecular weight excluding hydrogens is 286 g/mol. The van der Waals surface area contributed by atoms with Crippen LogP contribution in [0.1, 0.15) is 71.1 Å². The Morgan fingerprint density at radius 1 is 0.783 bits per heavy atom. The maximum atomic E-state index is 10.8. The molecule has 0 fully saturated rings. The first-order valence-electron chi connectivity index (χ1n) is 8.80. The molecule has 2 N–H and O–H groups in total. The highest BCUT2D eigenvalue weighted by molar-refractivity contribution is 5.68. The molecule has 0 aliphatic carbocycles. The summed E-state index contributed by atoms with van der Waals surface area (Å²) in [5.41, 5.74) is 0. The molecule has 0 rings (SSSR count). The summed E-state index contributed by atoms with van der Waals surface area (Å²) in [7, 11) is 0. The van der Waals surface area contributed by atoms with E-state index in [1.165, 1.54) is 25.7 Å². The first-order valence-corrected chi connectivity index (χ1v) is 8.80. The van der Waals surface area contributed by atoms with E-state index in [4.69, 9.17) is 5.90 Å². The van der Waals surface area contributed by atoms with Gasteiger partial charge in [0.2, 0.25) is 0 Å². The quantitative estimate of drug-likeness (QED) is 0.259. The Morgan fingerprint density at radius 2 is 1.26 bits per heavy atom. The fourth-order valence-corrected chi connectivity index (χ4v) is 1.98. The summed E-state index contributed by atoms with van der Waals surface area (Å²) in [5, 5.41) is 0. The second kappa shape index (κ2) is 18.4. The van der Waals surface area contributed by atoms with E-state index in [0.717, 1.165) is 32.1 Å². The molecule has 3 nitrogen and oxygen atoms in total. The van der Waals surface area contributed by atoms with Gasteiger partial charge in [0.1, 0.15) is 0 Å². The molecule has 0 radical (unpaired) electrons. The molecule has 3 heteroatoms. The number of nitrogens with two attached hydrogens (primary N) is 1. The average Bonchev–Trinajstić information content (AvgIpc) is 2.57. The van der Waals surface area contributed by atoms with Crippen molar-refractivity contribution in [1.29, 1.82) is 0 Å². The molecule has 0 aromatic heterocycles. The highest BCUT2D eigenvalue weighted by Gasteiger charge is 1.97. The zero-order valence-electron chi connectivity index (χ0n) is 14.6. The van der Waals surface area contributed by atoms with Crippen molar-refractivity contribution in [2.75, 3.05) is 0 Å². The second-order valence-electron chi connectivity index (χ2n) is 5.47. The van der Waals surface area contributed by atoms with Gasteiger partial charge in [-0.3, -0.25) is 4.79 Å². The molecule has 0 atom stereocenters. The van der Waals surface area contributed by atoms with E-state index in [0.29, 0.717) is 6.42 Å². The summed E-state index contributed by atoms with van der Waals surface area (Å²) in [6.07, 6.45) is 27.6. The number of hydrogen-bond donors (Lipinski definition) is 1. The number of rotatable bonds is 14. The van der Waals surface area contributed by atoms with E-state index in [1.54, 1.807) is 0 Å². The summed E-state index contributed by atoms with van der Waals surface area (Å²) in [5.74, 6) is 4.41. The maximum absolute atomic E-state index is 10.8. The Balaban J connectivity index is 3.42. The topological polar surface area (TPSA) is 52.3 Å². The lowest BCUT2D eigenvalue weighted by Gasteiger charge is -1.94. The molecule has 23 heavy (non-hydrogen) atoms. The van der Waals surface area contributed by atoms with Crippen molar-refractivity contribution in [2.45, 2.75) is 71.1 Å². The number of allylic oxidation sites excluding steroid dienone is 8. The van der Waals surface area contributed by atoms with Crippen LogP contribution in [0.15, 0.2) is 48.6 Å². The molecule has 130 valence electrons. The molecule has 0 aliphatic heterocycles. The van der Waals surface area contributed by atoms with Crippen molar-refractivity contribution in [1.82, 2.24) is 0 Å². The van der Waals surface area contributed by atoms with E-state index in [2.05, 4.69) is 60.4 Å². The predicted molar refractivity (Wildman–Crippen MR) is 98.7 cm³/mol. The minimum absolute atomic E-state index is 0.346. The fourth-order valence-electron chi connectivity index (χ4n) is 1.98. The van der Waals surface area contributed by atoms with Crippen LogP contribution >= 0.6 is 0 Å². The molecule has 0 bridgehead atoms. The van der Waals surface area contributed by atoms with Crippen molar-refractivity contribution in [3.05, 3.63) is 48.6 Å². The molecule has 0 aliphatic rings. The van der Waals surface area contributed by atoms with Gasteiger partial charge in [0.05, 0.1) is 0 Å². The third-order valence-corrected chi connectivity index (χ3v) is 3.34. The molecule has 0 saturated carbocycles. The number of unbranched alkanes of at least 4 members (excludes halogenated alkanes) is 4. The summed E-state index contributed by atoms with van der Waals surface area (Å²) in [6, 6.07) is 0. The Labute approximate surface area is 141 Å². The van der Waals surface area contributed by atoms with Crippen LogP contribution in [0.4, 0.5) is 0 Å². The van der Waals surface area contributed by atoms with E-state index < -0.39 is 0 Å². The van der Waals surface area contributed by atoms with Gasteiger partial charge in [-0.1, -0.05) is 68.4 Å². The van der Waals surface area contributed by atoms with Crippen molar-refractivity contribution in [3.63, 3.8) is 0 Å². The van der Waals surface area contributed by atoms with Crippen molar-refractivity contribution < 1.29 is 9.63 Å². The highest BCUT2D eigenvalue weighted by atomic mass is 16.7. The zero-order valence-corrected chi connectivity index (χ0v) is 14.6. The van der Waals surface area contributed by atoms with Gasteiger partial charge < -0.3 is 4.84 Å². The number of carbonyl (C=O) groups excluding carboxylic acids is 1. The second-order valence-corrected chi connectivity index (χ2v) is 5.47. The lowest BCUT2D eigenvalue weighted by atomic mass is 10.2. The lowest BCUT2D eigenvalue weighted by Crippen LogP contribution is -2.08. The zero-order chi connectivity index (χ0) is 17.0. The SMILES string of the molecule is CCCCCC=CCC=CCC=CCC=CCCCC(=O)ON. The Bertz CT molecular complexity index is 381. The molecule has 0 saturated heterocycles. The van der Waals surface area contributed by atoms with Crippen LogP contribution in [-0.2, 0) is 9.63 Å². The minimum atomic E-state index is -0.346. The molecule has 0 aromatic carbocycles. The molecule has 0 aromatic rings. The number of hydrogen-bond acceptors (Lipinski definition) is 3. The smallest absolute Gasteiger partial charge is 0.324 e. The van der Waals surface area contributed by atoms with Crippen LogP contribution in [0, 0.1) is 0 Å². The summed E-state index contributed by atoms with van der Waals surface area (Å²) >= 11 is 0. The Kier molecular flexibility index (Phi) is 17.1. The van der Waals surface area contributed by atoms with Crippen LogP contribution in [0.3, 0.4) is 0 Å². The normalized spacial score (nSPS) is 12.3. The molecule has 0 unspecified atom stereocenters. The highest BCUT2D eigenvalue weighted by Crippen LogP contribution is 2.01. The van der Waals surface area contributed by atoms with Crippen molar-refractivity contribution in [2.24, 2.45) is 5.90 Å². The molecule has 0 amide bonds. The Morgan fingerprint density at radius 3 is 1.74 bits per heavy atom. The molecule has 0 spiro atoms. The summed E-state index contributed by atoms with van der Waals surface area (Å²) < 4.78 is 0. The van der Waals surface area contributed by atoms with Gasteiger partial charge in [-0.05, 0) is 44.9 Å². The van der Waals surface area contributed by atoms with Crippen LogP contribution < -0.4 is 5.90 Å². The number of carbonyl (C=O) groups is 1. The van der Waals surface area contributed by atoms with Crippen LogP contribution in [0.2, 0.25) is 0 Å². The predicted octanol–water partition coefficient (Wildman–Crippen LogP) is 5.55. The standard InChI is InChI=1S/C20H33NO2/c1-2-3-4-5-6-7-8-9-10-11-12-13-14-15-16-17-18-19-20(22)23-21/h6-7,9-10,12-13,15-16H,2-5,8,11,14,17-19,21H2,1H3. The van der Waals surface area contributed by atoms with Gasteiger partial charge in [0.15, 0.2) is 0 Å². The van der Waals surface area contributed by atoms with Gasteiger partial charge in [0, 0.05) is 6.42 Å². The average molecular weight is 319 g/mol. The Hall–Kier alpha value is -1.61.